The highest BCUT2D eigenvalue weighted by Gasteiger charge is 2.21. The zero-order chi connectivity index (χ0) is 26.7. The molecule has 0 aliphatic heterocycles. The van der Waals surface area contributed by atoms with E-state index in [1.54, 1.807) is 6.08 Å². The summed E-state index contributed by atoms with van der Waals surface area (Å²) in [4.78, 5) is 25.0. The van der Waals surface area contributed by atoms with E-state index in [0.29, 0.717) is 11.6 Å². The molecule has 0 saturated carbocycles. The average molecular weight is 526 g/mol. The van der Waals surface area contributed by atoms with Crippen molar-refractivity contribution >= 4 is 29.6 Å². The second kappa shape index (κ2) is 13.3. The number of rotatable bonds is 10. The molecule has 5 nitrogen and oxygen atoms in total. The Balaban J connectivity index is 1.36. The van der Waals surface area contributed by atoms with Crippen molar-refractivity contribution in [2.24, 2.45) is 0 Å². The van der Waals surface area contributed by atoms with E-state index in [2.05, 4.69) is 5.32 Å². The fourth-order valence-corrected chi connectivity index (χ4v) is 4.02. The van der Waals surface area contributed by atoms with Gasteiger partial charge in [0.1, 0.15) is 18.4 Å². The number of ether oxygens (including phenoxy) is 2. The number of hydrogen-bond donors (Lipinski definition) is 1. The second-order valence-corrected chi connectivity index (χ2v) is 9.11. The molecule has 0 fully saturated rings. The fourth-order valence-electron chi connectivity index (χ4n) is 3.89. The molecule has 0 unspecified atom stereocenters. The zero-order valence-corrected chi connectivity index (χ0v) is 21.7. The molecule has 0 aliphatic rings. The molecule has 0 saturated heterocycles. The summed E-state index contributed by atoms with van der Waals surface area (Å²) < 4.78 is 10.7. The Morgan fingerprint density at radius 1 is 0.842 bits per heavy atom. The van der Waals surface area contributed by atoms with Crippen molar-refractivity contribution in [1.29, 1.82) is 0 Å². The van der Waals surface area contributed by atoms with E-state index in [4.69, 9.17) is 21.1 Å². The van der Waals surface area contributed by atoms with Crippen LogP contribution in [-0.2, 0) is 27.4 Å². The molecule has 0 aromatic heterocycles. The van der Waals surface area contributed by atoms with E-state index in [0.717, 1.165) is 33.6 Å². The third-order valence-electron chi connectivity index (χ3n) is 5.91. The number of benzene rings is 4. The topological polar surface area (TPSA) is 64.6 Å². The summed E-state index contributed by atoms with van der Waals surface area (Å²) in [6.45, 7) is 0.468. The lowest BCUT2D eigenvalue weighted by Crippen LogP contribution is -2.42. The number of esters is 1. The Bertz CT molecular complexity index is 1380. The first-order chi connectivity index (χ1) is 18.5. The van der Waals surface area contributed by atoms with Crippen LogP contribution in [0.25, 0.3) is 17.2 Å². The molecule has 4 aromatic rings. The second-order valence-electron chi connectivity index (χ2n) is 8.67. The minimum Gasteiger partial charge on any atom is -0.489 e. The summed E-state index contributed by atoms with van der Waals surface area (Å²) in [5, 5.41) is 3.43. The normalized spacial score (nSPS) is 11.6. The van der Waals surface area contributed by atoms with E-state index < -0.39 is 12.0 Å². The van der Waals surface area contributed by atoms with Gasteiger partial charge in [0, 0.05) is 17.5 Å². The summed E-state index contributed by atoms with van der Waals surface area (Å²) in [7, 11) is 1.31. The fraction of sp³-hybridized carbons (Fsp3) is 0.125. The predicted octanol–water partition coefficient (Wildman–Crippen LogP) is 6.50. The zero-order valence-electron chi connectivity index (χ0n) is 21.0. The van der Waals surface area contributed by atoms with E-state index in [1.165, 1.54) is 13.2 Å². The van der Waals surface area contributed by atoms with Crippen molar-refractivity contribution in [3.8, 4) is 16.9 Å². The average Bonchev–Trinajstić information content (AvgIpc) is 2.96. The first-order valence-corrected chi connectivity index (χ1v) is 12.6. The number of methoxy groups -OCH3 is 1. The maximum absolute atomic E-state index is 12.7. The number of halogens is 1. The van der Waals surface area contributed by atoms with Gasteiger partial charge in [0.2, 0.25) is 5.91 Å². The molecule has 4 rings (SSSR count). The molecule has 0 bridgehead atoms. The SMILES string of the molecule is COC(=O)[C@H](Cc1ccc(OCc2ccccc2)cc1)NC(=O)/C=C/c1cccc(-c2ccc(Cl)cc2)c1. The van der Waals surface area contributed by atoms with Crippen LogP contribution in [0.4, 0.5) is 0 Å². The molecular weight excluding hydrogens is 498 g/mol. The molecule has 6 heteroatoms. The molecule has 1 atom stereocenters. The number of carbonyl (C=O) groups is 2. The van der Waals surface area contributed by atoms with Gasteiger partial charge in [-0.05, 0) is 64.2 Å². The lowest BCUT2D eigenvalue weighted by Gasteiger charge is -2.16. The van der Waals surface area contributed by atoms with Crippen LogP contribution in [-0.4, -0.2) is 25.0 Å². The van der Waals surface area contributed by atoms with Gasteiger partial charge >= 0.3 is 5.97 Å². The predicted molar refractivity (Wildman–Crippen MR) is 151 cm³/mol. The van der Waals surface area contributed by atoms with Gasteiger partial charge in [-0.25, -0.2) is 4.79 Å². The van der Waals surface area contributed by atoms with Gasteiger partial charge in [0.05, 0.1) is 7.11 Å². The molecule has 0 spiro atoms. The molecule has 38 heavy (non-hydrogen) atoms. The minimum atomic E-state index is -0.825. The summed E-state index contributed by atoms with van der Waals surface area (Å²) in [5.41, 5.74) is 4.83. The van der Waals surface area contributed by atoms with Crippen molar-refractivity contribution in [3.63, 3.8) is 0 Å². The number of carbonyl (C=O) groups excluding carboxylic acids is 2. The molecule has 192 valence electrons. The summed E-state index contributed by atoms with van der Waals surface area (Å²) in [5.74, 6) is -0.180. The monoisotopic (exact) mass is 525 g/mol. The van der Waals surface area contributed by atoms with Crippen LogP contribution in [0.1, 0.15) is 16.7 Å². The van der Waals surface area contributed by atoms with Crippen LogP contribution in [0.5, 0.6) is 5.75 Å². The lowest BCUT2D eigenvalue weighted by atomic mass is 10.0. The van der Waals surface area contributed by atoms with Gasteiger partial charge in [-0.3, -0.25) is 4.79 Å². The van der Waals surface area contributed by atoms with Crippen molar-refractivity contribution in [1.82, 2.24) is 5.32 Å². The summed E-state index contributed by atoms with van der Waals surface area (Å²) in [6.07, 6.45) is 3.41. The van der Waals surface area contributed by atoms with E-state index >= 15 is 0 Å². The Labute approximate surface area is 227 Å². The van der Waals surface area contributed by atoms with E-state index in [-0.39, 0.29) is 12.3 Å². The summed E-state index contributed by atoms with van der Waals surface area (Å²) >= 11 is 5.99. The van der Waals surface area contributed by atoms with Crippen LogP contribution < -0.4 is 10.1 Å². The van der Waals surface area contributed by atoms with E-state index in [9.17, 15) is 9.59 Å². The van der Waals surface area contributed by atoms with Crippen molar-refractivity contribution in [2.45, 2.75) is 19.1 Å². The number of hydrogen-bond acceptors (Lipinski definition) is 4. The van der Waals surface area contributed by atoms with Gasteiger partial charge in [-0.1, -0.05) is 84.4 Å². The maximum Gasteiger partial charge on any atom is 0.328 e. The molecule has 1 N–H and O–H groups in total. The lowest BCUT2D eigenvalue weighted by molar-refractivity contribution is -0.144. The van der Waals surface area contributed by atoms with Gasteiger partial charge < -0.3 is 14.8 Å². The Morgan fingerprint density at radius 3 is 2.29 bits per heavy atom. The van der Waals surface area contributed by atoms with Crippen LogP contribution in [0, 0.1) is 0 Å². The molecule has 4 aromatic carbocycles. The molecule has 0 heterocycles. The quantitative estimate of drug-likeness (QED) is 0.189. The third kappa shape index (κ3) is 7.82. The number of amides is 1. The smallest absolute Gasteiger partial charge is 0.328 e. The Kier molecular flexibility index (Phi) is 9.32. The van der Waals surface area contributed by atoms with Crippen molar-refractivity contribution in [3.05, 3.63) is 131 Å². The third-order valence-corrected chi connectivity index (χ3v) is 6.16. The van der Waals surface area contributed by atoms with E-state index in [1.807, 2.05) is 103 Å². The first-order valence-electron chi connectivity index (χ1n) is 12.2. The van der Waals surface area contributed by atoms with Crippen molar-refractivity contribution in [2.75, 3.05) is 7.11 Å². The van der Waals surface area contributed by atoms with Gasteiger partial charge in [-0.2, -0.15) is 0 Å². The van der Waals surface area contributed by atoms with Gasteiger partial charge in [-0.15, -0.1) is 0 Å². The largest absolute Gasteiger partial charge is 0.489 e. The maximum atomic E-state index is 12.7. The van der Waals surface area contributed by atoms with Crippen LogP contribution in [0.3, 0.4) is 0 Å². The highest BCUT2D eigenvalue weighted by Crippen LogP contribution is 2.23. The van der Waals surface area contributed by atoms with Gasteiger partial charge in [0.15, 0.2) is 0 Å². The molecule has 0 radical (unpaired) electrons. The Morgan fingerprint density at radius 2 is 1.58 bits per heavy atom. The molecule has 1 amide bonds. The van der Waals surface area contributed by atoms with Crippen molar-refractivity contribution < 1.29 is 19.1 Å². The number of nitrogens with one attached hydrogen (secondary N) is 1. The standard InChI is InChI=1S/C32H28ClNO4/c1-37-32(36)30(21-24-10-17-29(18-11-24)38-22-25-6-3-2-4-7-25)34-31(35)19-12-23-8-5-9-27(20-23)26-13-15-28(33)16-14-26/h2-20,30H,21-22H2,1H3,(H,34,35)/b19-12+/t30-/m0/s1. The first kappa shape index (κ1) is 26.7. The highest BCUT2D eigenvalue weighted by molar-refractivity contribution is 6.30. The Hall–Kier alpha value is -4.35. The van der Waals surface area contributed by atoms with Crippen LogP contribution in [0.15, 0.2) is 109 Å². The minimum absolute atomic E-state index is 0.289. The molecule has 0 aliphatic carbocycles. The van der Waals surface area contributed by atoms with Crippen LogP contribution >= 0.6 is 11.6 Å². The van der Waals surface area contributed by atoms with Gasteiger partial charge in [0.25, 0.3) is 0 Å². The molecular formula is C32H28ClNO4. The van der Waals surface area contributed by atoms with Crippen LogP contribution in [0.2, 0.25) is 5.02 Å². The summed E-state index contributed by atoms with van der Waals surface area (Å²) in [6, 6.07) is 31.9. The highest BCUT2D eigenvalue weighted by atomic mass is 35.5.